The van der Waals surface area contributed by atoms with Crippen LogP contribution in [0.4, 0.5) is 0 Å². The predicted octanol–water partition coefficient (Wildman–Crippen LogP) is 1.75. The predicted molar refractivity (Wildman–Crippen MR) is 61.2 cm³/mol. The SMILES string of the molecule is C=CCON=CC1C(=O)CC(C)(C)CC1=O. The Hall–Kier alpha value is -1.45. The van der Waals surface area contributed by atoms with Crippen LogP contribution in [0.25, 0.3) is 0 Å². The number of carbonyl (C=O) groups excluding carboxylic acids is 2. The van der Waals surface area contributed by atoms with Crippen LogP contribution in [0.1, 0.15) is 26.7 Å². The summed E-state index contributed by atoms with van der Waals surface area (Å²) in [7, 11) is 0. The first kappa shape index (κ1) is 12.6. The maximum atomic E-state index is 11.7. The second kappa shape index (κ2) is 5.05. The fraction of sp³-hybridized carbons (Fsp3) is 0.583. The first-order chi connectivity index (χ1) is 7.46. The number of rotatable bonds is 4. The molecule has 0 aromatic rings. The number of nitrogens with zero attached hydrogens (tertiary/aromatic N) is 1. The molecule has 0 bridgehead atoms. The Kier molecular flexibility index (Phi) is 3.99. The van der Waals surface area contributed by atoms with Gasteiger partial charge in [-0.05, 0) is 5.41 Å². The number of oxime groups is 1. The molecular weight excluding hydrogens is 206 g/mol. The van der Waals surface area contributed by atoms with E-state index in [0.717, 1.165) is 0 Å². The number of carbonyl (C=O) groups is 2. The van der Waals surface area contributed by atoms with Crippen molar-refractivity contribution >= 4 is 17.8 Å². The van der Waals surface area contributed by atoms with Crippen LogP contribution in [-0.2, 0) is 14.4 Å². The Labute approximate surface area is 95.3 Å². The average Bonchev–Trinajstić information content (AvgIpc) is 2.13. The summed E-state index contributed by atoms with van der Waals surface area (Å²) < 4.78 is 0. The molecule has 16 heavy (non-hydrogen) atoms. The summed E-state index contributed by atoms with van der Waals surface area (Å²) in [6, 6.07) is 0. The van der Waals surface area contributed by atoms with Gasteiger partial charge >= 0.3 is 0 Å². The zero-order valence-corrected chi connectivity index (χ0v) is 9.73. The van der Waals surface area contributed by atoms with Gasteiger partial charge in [-0.2, -0.15) is 0 Å². The molecule has 1 aliphatic carbocycles. The second-order valence-electron chi connectivity index (χ2n) is 4.77. The highest BCUT2D eigenvalue weighted by Crippen LogP contribution is 2.33. The van der Waals surface area contributed by atoms with E-state index < -0.39 is 5.92 Å². The summed E-state index contributed by atoms with van der Waals surface area (Å²) in [4.78, 5) is 28.2. The van der Waals surface area contributed by atoms with Crippen molar-refractivity contribution in [3.8, 4) is 0 Å². The third kappa shape index (κ3) is 3.29. The number of ketones is 2. The molecule has 1 rings (SSSR count). The molecule has 88 valence electrons. The highest BCUT2D eigenvalue weighted by Gasteiger charge is 2.38. The lowest BCUT2D eigenvalue weighted by molar-refractivity contribution is -0.136. The van der Waals surface area contributed by atoms with E-state index in [2.05, 4.69) is 11.7 Å². The van der Waals surface area contributed by atoms with Gasteiger partial charge in [-0.1, -0.05) is 31.7 Å². The standard InChI is InChI=1S/C12H17NO3/c1-4-5-16-13-8-9-10(14)6-12(2,3)7-11(9)15/h4,8-9H,1,5-7H2,2-3H3. The summed E-state index contributed by atoms with van der Waals surface area (Å²) in [5, 5.41) is 3.60. The molecule has 1 fully saturated rings. The topological polar surface area (TPSA) is 55.7 Å². The van der Waals surface area contributed by atoms with Crippen LogP contribution >= 0.6 is 0 Å². The average molecular weight is 223 g/mol. The van der Waals surface area contributed by atoms with E-state index in [9.17, 15) is 9.59 Å². The summed E-state index contributed by atoms with van der Waals surface area (Å²) in [5.74, 6) is -0.878. The molecule has 0 aliphatic heterocycles. The molecule has 0 saturated heterocycles. The molecule has 0 radical (unpaired) electrons. The molecule has 0 aromatic heterocycles. The smallest absolute Gasteiger partial charge is 0.149 e. The van der Waals surface area contributed by atoms with Crippen LogP contribution in [-0.4, -0.2) is 24.4 Å². The van der Waals surface area contributed by atoms with Gasteiger partial charge in [0.2, 0.25) is 0 Å². The van der Waals surface area contributed by atoms with Crippen LogP contribution in [0.15, 0.2) is 17.8 Å². The van der Waals surface area contributed by atoms with E-state index in [1.807, 2.05) is 13.8 Å². The third-order valence-corrected chi connectivity index (χ3v) is 2.48. The molecule has 1 aliphatic rings. The molecular formula is C12H17NO3. The molecule has 0 heterocycles. The van der Waals surface area contributed by atoms with Gasteiger partial charge in [-0.25, -0.2) is 0 Å². The zero-order valence-electron chi connectivity index (χ0n) is 9.73. The number of hydrogen-bond acceptors (Lipinski definition) is 4. The van der Waals surface area contributed by atoms with Crippen molar-refractivity contribution in [2.75, 3.05) is 6.61 Å². The molecule has 4 nitrogen and oxygen atoms in total. The van der Waals surface area contributed by atoms with Gasteiger partial charge in [-0.3, -0.25) is 9.59 Å². The lowest BCUT2D eigenvalue weighted by atomic mass is 9.72. The van der Waals surface area contributed by atoms with E-state index in [-0.39, 0.29) is 23.6 Å². The fourth-order valence-electron chi connectivity index (χ4n) is 1.77. The lowest BCUT2D eigenvalue weighted by Crippen LogP contribution is -2.38. The molecule has 0 amide bonds. The summed E-state index contributed by atoms with van der Waals surface area (Å²) >= 11 is 0. The Balaban J connectivity index is 2.61. The van der Waals surface area contributed by atoms with Crippen LogP contribution in [0.5, 0.6) is 0 Å². The summed E-state index contributed by atoms with van der Waals surface area (Å²) in [6.07, 6.45) is 3.67. The minimum absolute atomic E-state index is 0.0767. The number of hydrogen-bond donors (Lipinski definition) is 0. The molecule has 0 aromatic carbocycles. The Morgan fingerprint density at radius 1 is 1.44 bits per heavy atom. The van der Waals surface area contributed by atoms with Gasteiger partial charge in [0, 0.05) is 12.8 Å². The molecule has 1 saturated carbocycles. The number of Topliss-reactive ketones (excluding diaryl/α,β-unsaturated/α-hetero) is 2. The molecule has 0 N–H and O–H groups in total. The van der Waals surface area contributed by atoms with E-state index in [4.69, 9.17) is 4.84 Å². The van der Waals surface area contributed by atoms with Gasteiger partial charge in [0.05, 0.1) is 6.21 Å². The summed E-state index contributed by atoms with van der Waals surface area (Å²) in [6.45, 7) is 7.58. The van der Waals surface area contributed by atoms with Gasteiger partial charge in [0.15, 0.2) is 0 Å². The molecule has 0 atom stereocenters. The van der Waals surface area contributed by atoms with Crippen molar-refractivity contribution in [3.05, 3.63) is 12.7 Å². The minimum atomic E-state index is -0.724. The van der Waals surface area contributed by atoms with Gasteiger partial charge < -0.3 is 4.84 Å². The maximum absolute atomic E-state index is 11.7. The first-order valence-electron chi connectivity index (χ1n) is 5.28. The quantitative estimate of drug-likeness (QED) is 0.240. The third-order valence-electron chi connectivity index (χ3n) is 2.48. The van der Waals surface area contributed by atoms with E-state index in [1.165, 1.54) is 6.21 Å². The van der Waals surface area contributed by atoms with Gasteiger partial charge in [-0.15, -0.1) is 0 Å². The zero-order chi connectivity index (χ0) is 12.2. The minimum Gasteiger partial charge on any atom is -0.392 e. The molecule has 0 unspecified atom stereocenters. The monoisotopic (exact) mass is 223 g/mol. The molecule has 4 heteroatoms. The van der Waals surface area contributed by atoms with Crippen molar-refractivity contribution in [1.29, 1.82) is 0 Å². The van der Waals surface area contributed by atoms with Crippen LogP contribution in [0.2, 0.25) is 0 Å². The van der Waals surface area contributed by atoms with Crippen molar-refractivity contribution in [3.63, 3.8) is 0 Å². The largest absolute Gasteiger partial charge is 0.392 e. The highest BCUT2D eigenvalue weighted by molar-refractivity contribution is 6.16. The Morgan fingerprint density at radius 2 is 2.00 bits per heavy atom. The highest BCUT2D eigenvalue weighted by atomic mass is 16.6. The summed E-state index contributed by atoms with van der Waals surface area (Å²) in [5.41, 5.74) is -0.222. The lowest BCUT2D eigenvalue weighted by Gasteiger charge is -2.30. The van der Waals surface area contributed by atoms with E-state index >= 15 is 0 Å². The maximum Gasteiger partial charge on any atom is 0.149 e. The van der Waals surface area contributed by atoms with Crippen molar-refractivity contribution < 1.29 is 14.4 Å². The van der Waals surface area contributed by atoms with Crippen LogP contribution in [0, 0.1) is 11.3 Å². The van der Waals surface area contributed by atoms with E-state index in [0.29, 0.717) is 12.8 Å². The van der Waals surface area contributed by atoms with Crippen molar-refractivity contribution in [2.45, 2.75) is 26.7 Å². The Bertz CT molecular complexity index is 311. The van der Waals surface area contributed by atoms with Crippen LogP contribution < -0.4 is 0 Å². The molecule has 0 spiro atoms. The van der Waals surface area contributed by atoms with Gasteiger partial charge in [0.25, 0.3) is 0 Å². The van der Waals surface area contributed by atoms with Crippen LogP contribution in [0.3, 0.4) is 0 Å². The fourth-order valence-corrected chi connectivity index (χ4v) is 1.77. The van der Waals surface area contributed by atoms with Crippen molar-refractivity contribution in [1.82, 2.24) is 0 Å². The first-order valence-corrected chi connectivity index (χ1v) is 5.28. The Morgan fingerprint density at radius 3 is 2.50 bits per heavy atom. The second-order valence-corrected chi connectivity index (χ2v) is 4.77. The normalized spacial score (nSPS) is 21.4. The van der Waals surface area contributed by atoms with E-state index in [1.54, 1.807) is 6.08 Å². The van der Waals surface area contributed by atoms with Gasteiger partial charge in [0.1, 0.15) is 24.1 Å². The van der Waals surface area contributed by atoms with Crippen molar-refractivity contribution in [2.24, 2.45) is 16.5 Å².